The molecule has 1 aliphatic carbocycles. The van der Waals surface area contributed by atoms with Crippen molar-refractivity contribution in [3.63, 3.8) is 0 Å². The Balaban J connectivity index is 1.95. The van der Waals surface area contributed by atoms with Crippen molar-refractivity contribution in [2.75, 3.05) is 13.1 Å². The summed E-state index contributed by atoms with van der Waals surface area (Å²) in [5.74, 6) is 1.59. The van der Waals surface area contributed by atoms with Gasteiger partial charge in [-0.3, -0.25) is 4.99 Å². The van der Waals surface area contributed by atoms with Crippen molar-refractivity contribution in [2.24, 2.45) is 4.99 Å². The lowest BCUT2D eigenvalue weighted by molar-refractivity contribution is 0.797. The molecule has 1 aromatic rings. The lowest BCUT2D eigenvalue weighted by Gasteiger charge is -2.11. The van der Waals surface area contributed by atoms with E-state index in [9.17, 15) is 0 Å². The molecule has 2 rings (SSSR count). The monoisotopic (exact) mass is 245 g/mol. The Morgan fingerprint density at radius 3 is 2.78 bits per heavy atom. The molecule has 1 fully saturated rings. The third kappa shape index (κ3) is 3.03. The Hall–Kier alpha value is -1.51. The highest BCUT2D eigenvalue weighted by Crippen LogP contribution is 2.41. The number of nitrogens with one attached hydrogen (secondary N) is 2. The number of aryl methyl sites for hydroxylation is 1. The SMILES string of the molecule is CCN=C(NCC)NC1CC1c1ccccc1C. The molecule has 0 heterocycles. The van der Waals surface area contributed by atoms with Crippen molar-refractivity contribution in [1.82, 2.24) is 10.6 Å². The molecule has 0 aliphatic heterocycles. The smallest absolute Gasteiger partial charge is 0.191 e. The summed E-state index contributed by atoms with van der Waals surface area (Å²) in [6, 6.07) is 9.20. The van der Waals surface area contributed by atoms with E-state index in [2.05, 4.69) is 60.7 Å². The molecule has 1 aromatic carbocycles. The molecule has 2 atom stereocenters. The van der Waals surface area contributed by atoms with Crippen molar-refractivity contribution in [3.8, 4) is 0 Å². The third-order valence-electron chi connectivity index (χ3n) is 3.36. The van der Waals surface area contributed by atoms with Gasteiger partial charge in [0.15, 0.2) is 5.96 Å². The fourth-order valence-corrected chi connectivity index (χ4v) is 2.35. The summed E-state index contributed by atoms with van der Waals surface area (Å²) in [4.78, 5) is 4.44. The molecule has 2 N–H and O–H groups in total. The summed E-state index contributed by atoms with van der Waals surface area (Å²) in [7, 11) is 0. The van der Waals surface area contributed by atoms with E-state index in [1.165, 1.54) is 17.5 Å². The third-order valence-corrected chi connectivity index (χ3v) is 3.36. The van der Waals surface area contributed by atoms with Crippen LogP contribution in [0.1, 0.15) is 37.3 Å². The van der Waals surface area contributed by atoms with E-state index in [-0.39, 0.29) is 0 Å². The lowest BCUT2D eigenvalue weighted by Crippen LogP contribution is -2.39. The first kappa shape index (κ1) is 12.9. The van der Waals surface area contributed by atoms with Gasteiger partial charge in [-0.1, -0.05) is 24.3 Å². The van der Waals surface area contributed by atoms with Gasteiger partial charge in [0.05, 0.1) is 0 Å². The van der Waals surface area contributed by atoms with E-state index in [4.69, 9.17) is 0 Å². The Kier molecular flexibility index (Phi) is 4.24. The van der Waals surface area contributed by atoms with Crippen LogP contribution in [-0.2, 0) is 0 Å². The summed E-state index contributed by atoms with van der Waals surface area (Å²) in [6.45, 7) is 8.07. The van der Waals surface area contributed by atoms with Gasteiger partial charge in [-0.05, 0) is 38.3 Å². The highest BCUT2D eigenvalue weighted by atomic mass is 15.2. The minimum atomic E-state index is 0.537. The average molecular weight is 245 g/mol. The van der Waals surface area contributed by atoms with Crippen LogP contribution in [0, 0.1) is 6.92 Å². The number of guanidine groups is 1. The zero-order valence-electron chi connectivity index (χ0n) is 11.5. The maximum atomic E-state index is 4.44. The molecule has 0 spiro atoms. The van der Waals surface area contributed by atoms with Crippen LogP contribution in [0.4, 0.5) is 0 Å². The first-order valence-corrected chi connectivity index (χ1v) is 6.86. The zero-order chi connectivity index (χ0) is 13.0. The Morgan fingerprint density at radius 2 is 2.11 bits per heavy atom. The van der Waals surface area contributed by atoms with E-state index >= 15 is 0 Å². The van der Waals surface area contributed by atoms with E-state index in [0.717, 1.165) is 19.0 Å². The summed E-state index contributed by atoms with van der Waals surface area (Å²) < 4.78 is 0. The van der Waals surface area contributed by atoms with Crippen molar-refractivity contribution in [1.29, 1.82) is 0 Å². The molecule has 0 radical (unpaired) electrons. The van der Waals surface area contributed by atoms with Crippen LogP contribution in [0.3, 0.4) is 0 Å². The highest BCUT2D eigenvalue weighted by Gasteiger charge is 2.39. The second kappa shape index (κ2) is 5.89. The number of nitrogens with zero attached hydrogens (tertiary/aromatic N) is 1. The minimum Gasteiger partial charge on any atom is -0.357 e. The average Bonchev–Trinajstić information content (AvgIpc) is 3.09. The van der Waals surface area contributed by atoms with E-state index in [1.54, 1.807) is 0 Å². The van der Waals surface area contributed by atoms with Gasteiger partial charge in [0, 0.05) is 25.0 Å². The van der Waals surface area contributed by atoms with Gasteiger partial charge in [0.25, 0.3) is 0 Å². The van der Waals surface area contributed by atoms with Gasteiger partial charge in [-0.2, -0.15) is 0 Å². The van der Waals surface area contributed by atoms with Crippen LogP contribution < -0.4 is 10.6 Å². The van der Waals surface area contributed by atoms with E-state index < -0.39 is 0 Å². The molecule has 3 nitrogen and oxygen atoms in total. The molecule has 18 heavy (non-hydrogen) atoms. The quantitative estimate of drug-likeness (QED) is 0.631. The zero-order valence-corrected chi connectivity index (χ0v) is 11.5. The summed E-state index contributed by atoms with van der Waals surface area (Å²) in [5, 5.41) is 6.79. The molecule has 0 aromatic heterocycles. The Labute approximate surface area is 110 Å². The summed E-state index contributed by atoms with van der Waals surface area (Å²) >= 11 is 0. The molecular weight excluding hydrogens is 222 g/mol. The number of rotatable bonds is 4. The largest absolute Gasteiger partial charge is 0.357 e. The molecule has 0 bridgehead atoms. The van der Waals surface area contributed by atoms with Crippen molar-refractivity contribution in [2.45, 2.75) is 39.2 Å². The molecule has 1 saturated carbocycles. The minimum absolute atomic E-state index is 0.537. The lowest BCUT2D eigenvalue weighted by atomic mass is 10.0. The fraction of sp³-hybridized carbons (Fsp3) is 0.533. The predicted molar refractivity (Wildman–Crippen MR) is 77.1 cm³/mol. The van der Waals surface area contributed by atoms with Crippen LogP contribution in [0.15, 0.2) is 29.3 Å². The normalized spacial score (nSPS) is 22.7. The highest BCUT2D eigenvalue weighted by molar-refractivity contribution is 5.80. The van der Waals surface area contributed by atoms with Crippen LogP contribution in [0.2, 0.25) is 0 Å². The summed E-state index contributed by atoms with van der Waals surface area (Å²) in [6.07, 6.45) is 1.21. The van der Waals surface area contributed by atoms with Gasteiger partial charge in [0.2, 0.25) is 0 Å². The van der Waals surface area contributed by atoms with Crippen LogP contribution in [0.5, 0.6) is 0 Å². The van der Waals surface area contributed by atoms with Crippen LogP contribution >= 0.6 is 0 Å². The molecule has 3 heteroatoms. The molecule has 1 aliphatic rings. The van der Waals surface area contributed by atoms with Crippen LogP contribution in [-0.4, -0.2) is 25.1 Å². The topological polar surface area (TPSA) is 36.4 Å². The van der Waals surface area contributed by atoms with Crippen molar-refractivity contribution < 1.29 is 0 Å². The molecule has 0 saturated heterocycles. The van der Waals surface area contributed by atoms with Crippen molar-refractivity contribution in [3.05, 3.63) is 35.4 Å². The molecule has 98 valence electrons. The number of hydrogen-bond acceptors (Lipinski definition) is 1. The van der Waals surface area contributed by atoms with E-state index in [1.807, 2.05) is 0 Å². The summed E-state index contributed by atoms with van der Waals surface area (Å²) in [5.41, 5.74) is 2.87. The van der Waals surface area contributed by atoms with Crippen molar-refractivity contribution >= 4 is 5.96 Å². The van der Waals surface area contributed by atoms with Crippen LogP contribution in [0.25, 0.3) is 0 Å². The standard InChI is InChI=1S/C15H23N3/c1-4-16-15(17-5-2)18-14-10-13(14)12-9-7-6-8-11(12)3/h6-9,13-14H,4-5,10H2,1-3H3,(H2,16,17,18). The Morgan fingerprint density at radius 1 is 1.33 bits per heavy atom. The molecule has 0 amide bonds. The first-order valence-electron chi connectivity index (χ1n) is 6.86. The maximum Gasteiger partial charge on any atom is 0.191 e. The second-order valence-corrected chi connectivity index (χ2v) is 4.80. The molecule has 2 unspecified atom stereocenters. The number of aliphatic imine (C=N–C) groups is 1. The number of benzene rings is 1. The first-order chi connectivity index (χ1) is 8.76. The van der Waals surface area contributed by atoms with Gasteiger partial charge >= 0.3 is 0 Å². The fourth-order valence-electron chi connectivity index (χ4n) is 2.35. The van der Waals surface area contributed by atoms with Gasteiger partial charge in [0.1, 0.15) is 0 Å². The molecular formula is C15H23N3. The predicted octanol–water partition coefficient (Wildman–Crippen LogP) is 2.43. The van der Waals surface area contributed by atoms with Gasteiger partial charge in [-0.25, -0.2) is 0 Å². The van der Waals surface area contributed by atoms with Gasteiger partial charge < -0.3 is 10.6 Å². The second-order valence-electron chi connectivity index (χ2n) is 4.80. The maximum absolute atomic E-state index is 4.44. The number of hydrogen-bond donors (Lipinski definition) is 2. The van der Waals surface area contributed by atoms with E-state index in [0.29, 0.717) is 12.0 Å². The van der Waals surface area contributed by atoms with Gasteiger partial charge in [-0.15, -0.1) is 0 Å². The Bertz CT molecular complexity index is 426.